The van der Waals surface area contributed by atoms with Crippen molar-refractivity contribution in [3.63, 3.8) is 0 Å². The fraction of sp³-hybridized carbons (Fsp3) is 0.300. The van der Waals surface area contributed by atoms with Crippen LogP contribution in [-0.2, 0) is 4.84 Å². The van der Waals surface area contributed by atoms with Crippen molar-refractivity contribution in [1.29, 1.82) is 0 Å². The lowest BCUT2D eigenvalue weighted by atomic mass is 10.1. The number of phenolic OH excluding ortho intramolecular Hbond substituents is 1. The molecule has 1 aliphatic rings. The van der Waals surface area contributed by atoms with Crippen molar-refractivity contribution in [2.45, 2.75) is 6.42 Å². The molecular weight excluding hydrogens is 201 g/mol. The first-order valence-corrected chi connectivity index (χ1v) is 4.62. The Labute approximate surface area is 85.8 Å². The van der Waals surface area contributed by atoms with Crippen LogP contribution >= 0.6 is 0 Å². The number of hydrogen-bond donors (Lipinski definition) is 1. The normalized spacial score (nSPS) is 15.7. The van der Waals surface area contributed by atoms with Crippen molar-refractivity contribution in [3.8, 4) is 5.75 Å². The van der Waals surface area contributed by atoms with Gasteiger partial charge < -0.3 is 5.11 Å². The summed E-state index contributed by atoms with van der Waals surface area (Å²) in [5.74, 6) is -1.74. The highest BCUT2D eigenvalue weighted by molar-refractivity contribution is 5.96. The van der Waals surface area contributed by atoms with E-state index in [0.29, 0.717) is 13.2 Å². The number of carbonyl (C=O) groups excluding carboxylic acids is 1. The van der Waals surface area contributed by atoms with Gasteiger partial charge in [0, 0.05) is 0 Å². The number of carbonyl (C=O) groups is 1. The van der Waals surface area contributed by atoms with E-state index in [1.165, 1.54) is 12.1 Å². The number of halogens is 1. The SMILES string of the molecule is O=C(c1c(O)cccc1F)N1CCCO1. The zero-order valence-corrected chi connectivity index (χ0v) is 7.94. The van der Waals surface area contributed by atoms with Crippen LogP contribution in [0.15, 0.2) is 18.2 Å². The Morgan fingerprint density at radius 1 is 1.53 bits per heavy atom. The molecule has 1 amide bonds. The van der Waals surface area contributed by atoms with Crippen LogP contribution in [0.2, 0.25) is 0 Å². The fourth-order valence-corrected chi connectivity index (χ4v) is 1.46. The molecule has 0 aliphatic carbocycles. The molecule has 4 nitrogen and oxygen atoms in total. The summed E-state index contributed by atoms with van der Waals surface area (Å²) in [4.78, 5) is 16.7. The topological polar surface area (TPSA) is 49.8 Å². The quantitative estimate of drug-likeness (QED) is 0.761. The molecular formula is C10H10FNO3. The third kappa shape index (κ3) is 1.78. The van der Waals surface area contributed by atoms with Gasteiger partial charge in [-0.25, -0.2) is 9.45 Å². The number of aromatic hydroxyl groups is 1. The molecule has 1 aromatic rings. The largest absolute Gasteiger partial charge is 0.507 e. The number of amides is 1. The van der Waals surface area contributed by atoms with Crippen LogP contribution in [0.4, 0.5) is 4.39 Å². The number of nitrogens with zero attached hydrogens (tertiary/aromatic N) is 1. The second-order valence-electron chi connectivity index (χ2n) is 3.23. The van der Waals surface area contributed by atoms with Gasteiger partial charge in [0.15, 0.2) is 0 Å². The van der Waals surface area contributed by atoms with Crippen molar-refractivity contribution < 1.29 is 19.1 Å². The molecule has 0 bridgehead atoms. The average Bonchev–Trinajstić information content (AvgIpc) is 2.69. The molecule has 1 aliphatic heterocycles. The van der Waals surface area contributed by atoms with Crippen LogP contribution in [0.1, 0.15) is 16.8 Å². The highest BCUT2D eigenvalue weighted by Crippen LogP contribution is 2.22. The number of hydroxylamine groups is 2. The van der Waals surface area contributed by atoms with Gasteiger partial charge in [-0.3, -0.25) is 9.63 Å². The van der Waals surface area contributed by atoms with E-state index in [1.807, 2.05) is 0 Å². The smallest absolute Gasteiger partial charge is 0.284 e. The van der Waals surface area contributed by atoms with Crippen LogP contribution < -0.4 is 0 Å². The van der Waals surface area contributed by atoms with Gasteiger partial charge in [-0.2, -0.15) is 0 Å². The summed E-state index contributed by atoms with van der Waals surface area (Å²) in [6.45, 7) is 0.869. The molecule has 0 saturated carbocycles. The van der Waals surface area contributed by atoms with E-state index in [1.54, 1.807) is 0 Å². The maximum Gasteiger partial charge on any atom is 0.284 e. The van der Waals surface area contributed by atoms with Gasteiger partial charge >= 0.3 is 0 Å². The minimum atomic E-state index is -0.740. The third-order valence-electron chi connectivity index (χ3n) is 2.18. The molecule has 1 aromatic carbocycles. The second kappa shape index (κ2) is 3.86. The number of benzene rings is 1. The molecule has 0 aromatic heterocycles. The minimum absolute atomic E-state index is 0.334. The Hall–Kier alpha value is -1.62. The van der Waals surface area contributed by atoms with Gasteiger partial charge in [0.1, 0.15) is 17.1 Å². The van der Waals surface area contributed by atoms with Crippen LogP contribution in [0, 0.1) is 5.82 Å². The molecule has 2 rings (SSSR count). The van der Waals surface area contributed by atoms with Gasteiger partial charge in [-0.1, -0.05) is 6.07 Å². The fourth-order valence-electron chi connectivity index (χ4n) is 1.46. The van der Waals surface area contributed by atoms with Crippen LogP contribution in [0.25, 0.3) is 0 Å². The van der Waals surface area contributed by atoms with E-state index in [-0.39, 0.29) is 11.3 Å². The maximum absolute atomic E-state index is 13.3. The Morgan fingerprint density at radius 2 is 2.33 bits per heavy atom. The summed E-state index contributed by atoms with van der Waals surface area (Å²) >= 11 is 0. The van der Waals surface area contributed by atoms with Gasteiger partial charge in [-0.05, 0) is 18.6 Å². The number of phenols is 1. The summed E-state index contributed by atoms with van der Waals surface area (Å²) in [5.41, 5.74) is -0.334. The third-order valence-corrected chi connectivity index (χ3v) is 2.18. The Morgan fingerprint density at radius 3 is 2.93 bits per heavy atom. The second-order valence-corrected chi connectivity index (χ2v) is 3.23. The molecule has 1 saturated heterocycles. The summed E-state index contributed by atoms with van der Waals surface area (Å²) in [6, 6.07) is 3.74. The highest BCUT2D eigenvalue weighted by Gasteiger charge is 2.25. The lowest BCUT2D eigenvalue weighted by Gasteiger charge is -2.14. The highest BCUT2D eigenvalue weighted by atomic mass is 19.1. The number of rotatable bonds is 1. The predicted molar refractivity (Wildman–Crippen MR) is 49.7 cm³/mol. The molecule has 1 heterocycles. The zero-order valence-electron chi connectivity index (χ0n) is 7.94. The van der Waals surface area contributed by atoms with E-state index < -0.39 is 11.7 Å². The summed E-state index contributed by atoms with van der Waals surface area (Å²) in [5, 5.41) is 10.4. The molecule has 0 unspecified atom stereocenters. The van der Waals surface area contributed by atoms with Gasteiger partial charge in [0.2, 0.25) is 0 Å². The van der Waals surface area contributed by atoms with E-state index in [9.17, 15) is 14.3 Å². The molecule has 1 fully saturated rings. The number of hydrogen-bond acceptors (Lipinski definition) is 3. The van der Waals surface area contributed by atoms with E-state index in [2.05, 4.69) is 0 Å². The Bertz CT molecular complexity index is 368. The van der Waals surface area contributed by atoms with E-state index >= 15 is 0 Å². The lowest BCUT2D eigenvalue weighted by Crippen LogP contribution is -2.27. The summed E-state index contributed by atoms with van der Waals surface area (Å²) in [6.07, 6.45) is 0.723. The molecule has 15 heavy (non-hydrogen) atoms. The van der Waals surface area contributed by atoms with E-state index in [0.717, 1.165) is 17.6 Å². The van der Waals surface area contributed by atoms with Gasteiger partial charge in [0.25, 0.3) is 5.91 Å². The van der Waals surface area contributed by atoms with Gasteiger partial charge in [0.05, 0.1) is 13.2 Å². The molecule has 1 N–H and O–H groups in total. The van der Waals surface area contributed by atoms with Crippen molar-refractivity contribution in [2.24, 2.45) is 0 Å². The molecule has 5 heteroatoms. The maximum atomic E-state index is 13.3. The Kier molecular flexibility index (Phi) is 2.55. The first kappa shape index (κ1) is 9.92. The monoisotopic (exact) mass is 211 g/mol. The van der Waals surface area contributed by atoms with Crippen LogP contribution in [-0.4, -0.2) is 29.2 Å². The average molecular weight is 211 g/mol. The van der Waals surface area contributed by atoms with Crippen molar-refractivity contribution >= 4 is 5.91 Å². The first-order valence-electron chi connectivity index (χ1n) is 4.62. The van der Waals surface area contributed by atoms with E-state index in [4.69, 9.17) is 4.84 Å². The van der Waals surface area contributed by atoms with Crippen LogP contribution in [0.5, 0.6) is 5.75 Å². The van der Waals surface area contributed by atoms with Crippen molar-refractivity contribution in [1.82, 2.24) is 5.06 Å². The first-order chi connectivity index (χ1) is 7.20. The lowest BCUT2D eigenvalue weighted by molar-refractivity contribution is -0.0772. The van der Waals surface area contributed by atoms with Crippen molar-refractivity contribution in [2.75, 3.05) is 13.2 Å². The summed E-state index contributed by atoms with van der Waals surface area (Å²) in [7, 11) is 0. The predicted octanol–water partition coefficient (Wildman–Crippen LogP) is 1.31. The minimum Gasteiger partial charge on any atom is -0.507 e. The standard InChI is InChI=1S/C10H10FNO3/c11-7-3-1-4-8(13)9(7)10(14)12-5-2-6-15-12/h1,3-4,13H,2,5-6H2. The van der Waals surface area contributed by atoms with Gasteiger partial charge in [-0.15, -0.1) is 0 Å². The Balaban J connectivity index is 2.32. The zero-order chi connectivity index (χ0) is 10.8. The van der Waals surface area contributed by atoms with Crippen molar-refractivity contribution in [3.05, 3.63) is 29.6 Å². The molecule has 80 valence electrons. The molecule has 0 spiro atoms. The molecule has 0 atom stereocenters. The van der Waals surface area contributed by atoms with Crippen LogP contribution in [0.3, 0.4) is 0 Å². The molecule has 0 radical (unpaired) electrons. The summed E-state index contributed by atoms with van der Waals surface area (Å²) < 4.78 is 13.3.